The zero-order chi connectivity index (χ0) is 32.6. The standard InChI is InChI=1S/C43H23N5O/c1-45-29-19-28(21-31(22-29)48-37-12-4-2-10-32(37)34-18-26(25-44)15-16-38(34)48)27-8-6-9-30(20-27)47-39-13-7-17-46-43(39)36-24-42-35(23-40(36)47)33-11-3-5-14-41(33)49-42/h2-24H. The van der Waals surface area contributed by atoms with Gasteiger partial charge in [-0.1, -0.05) is 48.5 Å². The van der Waals surface area contributed by atoms with Gasteiger partial charge >= 0.3 is 0 Å². The molecule has 0 radical (unpaired) electrons. The van der Waals surface area contributed by atoms with Crippen LogP contribution in [-0.4, -0.2) is 14.1 Å². The van der Waals surface area contributed by atoms with Gasteiger partial charge in [0.15, 0.2) is 5.69 Å². The first kappa shape index (κ1) is 27.0. The van der Waals surface area contributed by atoms with E-state index < -0.39 is 0 Å². The quantitative estimate of drug-likeness (QED) is 0.184. The monoisotopic (exact) mass is 625 g/mol. The molecule has 0 saturated carbocycles. The van der Waals surface area contributed by atoms with E-state index in [1.165, 1.54) is 0 Å². The van der Waals surface area contributed by atoms with Gasteiger partial charge in [0.1, 0.15) is 11.2 Å². The molecule has 0 N–H and O–H groups in total. The Bertz CT molecular complexity index is 3090. The second kappa shape index (κ2) is 10.2. The molecule has 49 heavy (non-hydrogen) atoms. The number of hydrogen-bond acceptors (Lipinski definition) is 3. The third-order valence-corrected chi connectivity index (χ3v) is 9.55. The lowest BCUT2D eigenvalue weighted by molar-refractivity contribution is 0.669. The molecular formula is C43H23N5O. The van der Waals surface area contributed by atoms with Crippen molar-refractivity contribution in [2.24, 2.45) is 0 Å². The van der Waals surface area contributed by atoms with Crippen molar-refractivity contribution in [3.05, 3.63) is 157 Å². The summed E-state index contributed by atoms with van der Waals surface area (Å²) in [4.78, 5) is 8.69. The van der Waals surface area contributed by atoms with E-state index in [-0.39, 0.29) is 0 Å². The fourth-order valence-electron chi connectivity index (χ4n) is 7.43. The van der Waals surface area contributed by atoms with Gasteiger partial charge in [-0.05, 0) is 96.1 Å². The van der Waals surface area contributed by atoms with Crippen LogP contribution in [-0.2, 0) is 0 Å². The zero-order valence-corrected chi connectivity index (χ0v) is 25.9. The molecule has 4 aromatic heterocycles. The van der Waals surface area contributed by atoms with Crippen LogP contribution in [0.3, 0.4) is 0 Å². The number of aromatic nitrogens is 3. The molecule has 6 nitrogen and oxygen atoms in total. The van der Waals surface area contributed by atoms with Crippen molar-refractivity contribution in [3.8, 4) is 28.6 Å². The van der Waals surface area contributed by atoms with Crippen LogP contribution >= 0.6 is 0 Å². The molecule has 10 rings (SSSR count). The van der Waals surface area contributed by atoms with Gasteiger partial charge in [-0.15, -0.1) is 0 Å². The van der Waals surface area contributed by atoms with Gasteiger partial charge < -0.3 is 13.6 Å². The average molecular weight is 626 g/mol. The summed E-state index contributed by atoms with van der Waals surface area (Å²) >= 11 is 0. The fourth-order valence-corrected chi connectivity index (χ4v) is 7.43. The summed E-state index contributed by atoms with van der Waals surface area (Å²) in [5.41, 5.74) is 11.6. The van der Waals surface area contributed by atoms with Crippen LogP contribution in [0.4, 0.5) is 5.69 Å². The Morgan fingerprint density at radius 3 is 2.27 bits per heavy atom. The van der Waals surface area contributed by atoms with Crippen molar-refractivity contribution < 1.29 is 4.42 Å². The molecule has 0 aliphatic carbocycles. The second-order valence-corrected chi connectivity index (χ2v) is 12.3. The highest BCUT2D eigenvalue weighted by Crippen LogP contribution is 2.39. The highest BCUT2D eigenvalue weighted by atomic mass is 16.3. The summed E-state index contributed by atoms with van der Waals surface area (Å²) < 4.78 is 10.7. The third-order valence-electron chi connectivity index (χ3n) is 9.55. The van der Waals surface area contributed by atoms with Crippen LogP contribution in [0.5, 0.6) is 0 Å². The van der Waals surface area contributed by atoms with Crippen LogP contribution in [0, 0.1) is 17.9 Å². The number of furan rings is 1. The number of pyridine rings is 1. The number of para-hydroxylation sites is 2. The minimum atomic E-state index is 0.549. The lowest BCUT2D eigenvalue weighted by atomic mass is 10.0. The highest BCUT2D eigenvalue weighted by molar-refractivity contribution is 6.16. The van der Waals surface area contributed by atoms with Gasteiger partial charge in [-0.3, -0.25) is 4.98 Å². The minimum absolute atomic E-state index is 0.549. The first-order chi connectivity index (χ1) is 24.2. The summed E-state index contributed by atoms with van der Waals surface area (Å²) in [6.07, 6.45) is 1.83. The summed E-state index contributed by atoms with van der Waals surface area (Å²) in [5, 5.41) is 14.8. The molecule has 0 bridgehead atoms. The van der Waals surface area contributed by atoms with Crippen molar-refractivity contribution in [2.45, 2.75) is 0 Å². The predicted octanol–water partition coefficient (Wildman–Crippen LogP) is 11.3. The van der Waals surface area contributed by atoms with Crippen molar-refractivity contribution in [3.63, 3.8) is 0 Å². The van der Waals surface area contributed by atoms with E-state index in [2.05, 4.69) is 86.8 Å². The van der Waals surface area contributed by atoms with E-state index in [1.54, 1.807) is 0 Å². The Morgan fingerprint density at radius 1 is 0.571 bits per heavy atom. The number of benzene rings is 6. The van der Waals surface area contributed by atoms with Crippen molar-refractivity contribution in [2.75, 3.05) is 0 Å². The number of nitriles is 1. The molecule has 4 heterocycles. The molecule has 0 fully saturated rings. The Balaban J connectivity index is 1.20. The SMILES string of the molecule is [C-]#[N+]c1cc(-c2cccc(-n3c4cc5c(cc4c4ncccc43)oc3ccccc35)c2)cc(-n2c3ccccc3c3cc(C#N)ccc32)c1. The first-order valence-corrected chi connectivity index (χ1v) is 16.0. The van der Waals surface area contributed by atoms with Crippen molar-refractivity contribution in [1.29, 1.82) is 5.26 Å². The number of hydrogen-bond donors (Lipinski definition) is 0. The second-order valence-electron chi connectivity index (χ2n) is 12.3. The molecule has 226 valence electrons. The van der Waals surface area contributed by atoms with E-state index >= 15 is 0 Å². The Labute approximate surface area is 279 Å². The van der Waals surface area contributed by atoms with Crippen LogP contribution in [0.15, 0.2) is 144 Å². The molecule has 0 amide bonds. The van der Waals surface area contributed by atoms with Crippen molar-refractivity contribution in [1.82, 2.24) is 14.1 Å². The van der Waals surface area contributed by atoms with Gasteiger partial charge in [0.2, 0.25) is 0 Å². The van der Waals surface area contributed by atoms with E-state index in [4.69, 9.17) is 16.0 Å². The topological polar surface area (TPSA) is 64.0 Å². The summed E-state index contributed by atoms with van der Waals surface area (Å²) in [6.45, 7) is 8.01. The molecule has 6 heteroatoms. The van der Waals surface area contributed by atoms with Gasteiger partial charge in [0, 0.05) is 44.5 Å². The molecule has 0 aliphatic rings. The Morgan fingerprint density at radius 2 is 1.37 bits per heavy atom. The maximum absolute atomic E-state index is 9.61. The summed E-state index contributed by atoms with van der Waals surface area (Å²) in [6, 6.07) is 47.3. The lowest BCUT2D eigenvalue weighted by Crippen LogP contribution is -1.96. The minimum Gasteiger partial charge on any atom is -0.456 e. The number of fused-ring (bicyclic) bond motifs is 9. The molecule has 0 aliphatic heterocycles. The Hall–Kier alpha value is -7.15. The van der Waals surface area contributed by atoms with Crippen LogP contribution in [0.25, 0.3) is 93.0 Å². The molecule has 0 atom stereocenters. The Kier molecular flexibility index (Phi) is 5.61. The normalized spacial score (nSPS) is 11.6. The summed E-state index contributed by atoms with van der Waals surface area (Å²) in [7, 11) is 0. The van der Waals surface area contributed by atoms with E-state index in [0.717, 1.165) is 88.2 Å². The van der Waals surface area contributed by atoms with E-state index in [1.807, 2.05) is 72.9 Å². The number of rotatable bonds is 3. The molecule has 10 aromatic rings. The smallest absolute Gasteiger partial charge is 0.189 e. The highest BCUT2D eigenvalue weighted by Gasteiger charge is 2.18. The molecule has 6 aromatic carbocycles. The maximum Gasteiger partial charge on any atom is 0.189 e. The van der Waals surface area contributed by atoms with Gasteiger partial charge in [-0.2, -0.15) is 5.26 Å². The van der Waals surface area contributed by atoms with Gasteiger partial charge in [0.25, 0.3) is 0 Å². The largest absolute Gasteiger partial charge is 0.456 e. The van der Waals surface area contributed by atoms with Crippen LogP contribution in [0.1, 0.15) is 5.56 Å². The zero-order valence-electron chi connectivity index (χ0n) is 25.9. The van der Waals surface area contributed by atoms with Gasteiger partial charge in [-0.25, -0.2) is 4.85 Å². The lowest BCUT2D eigenvalue weighted by Gasteiger charge is -2.13. The van der Waals surface area contributed by atoms with Gasteiger partial charge in [0.05, 0.1) is 45.8 Å². The average Bonchev–Trinajstić information content (AvgIpc) is 3.80. The number of nitrogens with zero attached hydrogens (tertiary/aromatic N) is 5. The van der Waals surface area contributed by atoms with Crippen molar-refractivity contribution >= 4 is 71.4 Å². The molecule has 0 unspecified atom stereocenters. The fraction of sp³-hybridized carbons (Fsp3) is 0. The maximum atomic E-state index is 9.61. The molecular weight excluding hydrogens is 603 g/mol. The molecule has 0 saturated heterocycles. The van der Waals surface area contributed by atoms with E-state index in [0.29, 0.717) is 11.3 Å². The van der Waals surface area contributed by atoms with Crippen LogP contribution in [0.2, 0.25) is 0 Å². The predicted molar refractivity (Wildman–Crippen MR) is 197 cm³/mol. The third kappa shape index (κ3) is 3.96. The van der Waals surface area contributed by atoms with Crippen LogP contribution < -0.4 is 0 Å². The summed E-state index contributed by atoms with van der Waals surface area (Å²) in [5.74, 6) is 0. The van der Waals surface area contributed by atoms with E-state index in [9.17, 15) is 5.26 Å². The molecule has 0 spiro atoms. The first-order valence-electron chi connectivity index (χ1n) is 16.0.